The van der Waals surface area contributed by atoms with E-state index in [0.29, 0.717) is 18.8 Å². The maximum absolute atomic E-state index is 11.7. The van der Waals surface area contributed by atoms with Crippen LogP contribution in [0.5, 0.6) is 17.2 Å². The van der Waals surface area contributed by atoms with Crippen molar-refractivity contribution in [2.24, 2.45) is 7.05 Å². The number of ether oxygens (including phenoxy) is 2. The summed E-state index contributed by atoms with van der Waals surface area (Å²) in [6.45, 7) is 4.31. The SMILES string of the molecule is CC.Cn1c(COc2ccc(CC3SC(=O)NC3=O)cc2)nc2ccc(Oc3ccccc3)cc21. The number of carbonyl (C=O) groups excluding carboxylic acids is 2. The summed E-state index contributed by atoms with van der Waals surface area (Å²) in [4.78, 5) is 27.7. The van der Waals surface area contributed by atoms with E-state index in [2.05, 4.69) is 10.3 Å². The van der Waals surface area contributed by atoms with Gasteiger partial charge >= 0.3 is 0 Å². The zero-order chi connectivity index (χ0) is 24.8. The van der Waals surface area contributed by atoms with Crippen molar-refractivity contribution in [2.45, 2.75) is 32.1 Å². The lowest BCUT2D eigenvalue weighted by atomic mass is 10.1. The molecule has 7 nitrogen and oxygen atoms in total. The van der Waals surface area contributed by atoms with E-state index >= 15 is 0 Å². The number of para-hydroxylation sites is 1. The highest BCUT2D eigenvalue weighted by atomic mass is 32.2. The zero-order valence-corrected chi connectivity index (χ0v) is 20.7. The number of amides is 2. The quantitative estimate of drug-likeness (QED) is 0.350. The highest BCUT2D eigenvalue weighted by molar-refractivity contribution is 8.15. The lowest BCUT2D eigenvalue weighted by molar-refractivity contribution is -0.118. The molecule has 0 aliphatic carbocycles. The Morgan fingerprint density at radius 1 is 0.943 bits per heavy atom. The van der Waals surface area contributed by atoms with Crippen molar-refractivity contribution in [3.63, 3.8) is 0 Å². The first-order valence-electron chi connectivity index (χ1n) is 11.5. The van der Waals surface area contributed by atoms with Crippen molar-refractivity contribution in [2.75, 3.05) is 0 Å². The first-order valence-corrected chi connectivity index (χ1v) is 12.3. The Bertz CT molecular complexity index is 1320. The minimum atomic E-state index is -0.375. The molecule has 1 N–H and O–H groups in total. The fourth-order valence-corrected chi connectivity index (χ4v) is 4.51. The van der Waals surface area contributed by atoms with Gasteiger partial charge in [-0.05, 0) is 48.4 Å². The van der Waals surface area contributed by atoms with Crippen LogP contribution < -0.4 is 14.8 Å². The van der Waals surface area contributed by atoms with E-state index in [1.165, 1.54) is 0 Å². The summed E-state index contributed by atoms with van der Waals surface area (Å²) >= 11 is 1.03. The molecule has 35 heavy (non-hydrogen) atoms. The van der Waals surface area contributed by atoms with Gasteiger partial charge < -0.3 is 14.0 Å². The summed E-state index contributed by atoms with van der Waals surface area (Å²) in [5.41, 5.74) is 2.80. The minimum Gasteiger partial charge on any atom is -0.486 e. The summed E-state index contributed by atoms with van der Waals surface area (Å²) in [7, 11) is 1.95. The molecule has 3 aromatic carbocycles. The number of aromatic nitrogens is 2. The van der Waals surface area contributed by atoms with Crippen molar-refractivity contribution in [3.05, 3.63) is 84.2 Å². The number of thioether (sulfide) groups is 1. The normalized spacial score (nSPS) is 14.9. The number of hydrogen-bond donors (Lipinski definition) is 1. The standard InChI is InChI=1S/C25H21N3O4S.C2H6/c1-28-21-14-19(32-18-5-3-2-4-6-18)11-12-20(21)26-23(28)15-31-17-9-7-16(8-10-17)13-22-24(29)27-25(30)33-22;1-2/h2-12,14,22H,13,15H2,1H3,(H,27,29,30);1-2H3. The van der Waals surface area contributed by atoms with Crippen LogP contribution in [0.25, 0.3) is 11.0 Å². The van der Waals surface area contributed by atoms with Gasteiger partial charge in [0.05, 0.1) is 16.3 Å². The molecule has 1 saturated heterocycles. The second-order valence-corrected chi connectivity index (χ2v) is 8.85. The predicted molar refractivity (Wildman–Crippen MR) is 138 cm³/mol. The Morgan fingerprint density at radius 2 is 1.66 bits per heavy atom. The van der Waals surface area contributed by atoms with Crippen LogP contribution in [-0.2, 0) is 24.9 Å². The Morgan fingerprint density at radius 3 is 2.34 bits per heavy atom. The highest BCUT2D eigenvalue weighted by Crippen LogP contribution is 2.27. The molecule has 1 unspecified atom stereocenters. The minimum absolute atomic E-state index is 0.232. The summed E-state index contributed by atoms with van der Waals surface area (Å²) in [5, 5.41) is 1.65. The number of fused-ring (bicyclic) bond motifs is 1. The van der Waals surface area contributed by atoms with Crippen LogP contribution in [0.4, 0.5) is 4.79 Å². The van der Waals surface area contributed by atoms with Crippen LogP contribution in [0.2, 0.25) is 0 Å². The van der Waals surface area contributed by atoms with Gasteiger partial charge in [0.2, 0.25) is 5.91 Å². The van der Waals surface area contributed by atoms with Crippen LogP contribution in [0, 0.1) is 0 Å². The second-order valence-electron chi connectivity index (χ2n) is 7.67. The van der Waals surface area contributed by atoms with Gasteiger partial charge in [-0.15, -0.1) is 0 Å². The number of carbonyl (C=O) groups is 2. The number of benzene rings is 3. The number of nitrogens with zero attached hydrogens (tertiary/aromatic N) is 2. The van der Waals surface area contributed by atoms with Gasteiger partial charge in [-0.25, -0.2) is 4.98 Å². The highest BCUT2D eigenvalue weighted by Gasteiger charge is 2.31. The molecule has 180 valence electrons. The molecular formula is C27H27N3O4S. The van der Waals surface area contributed by atoms with Gasteiger partial charge in [0, 0.05) is 13.1 Å². The van der Waals surface area contributed by atoms with Crippen LogP contribution in [-0.4, -0.2) is 25.9 Å². The Labute approximate surface area is 208 Å². The lowest BCUT2D eigenvalue weighted by Gasteiger charge is -2.09. The third kappa shape index (κ3) is 5.84. The molecule has 1 aromatic heterocycles. The van der Waals surface area contributed by atoms with Crippen molar-refractivity contribution < 1.29 is 19.1 Å². The Balaban J connectivity index is 0.00000141. The van der Waals surface area contributed by atoms with Crippen molar-refractivity contribution in [1.82, 2.24) is 14.9 Å². The van der Waals surface area contributed by atoms with Crippen LogP contribution in [0.1, 0.15) is 25.2 Å². The summed E-state index contributed by atoms with van der Waals surface area (Å²) < 4.78 is 13.9. The molecule has 1 aliphatic rings. The monoisotopic (exact) mass is 489 g/mol. The molecule has 8 heteroatoms. The number of aryl methyl sites for hydroxylation is 1. The molecule has 0 spiro atoms. The summed E-state index contributed by atoms with van der Waals surface area (Å²) in [6, 6.07) is 23.0. The molecule has 2 heterocycles. The summed E-state index contributed by atoms with van der Waals surface area (Å²) in [5.74, 6) is 2.80. The molecule has 1 aliphatic heterocycles. The van der Waals surface area contributed by atoms with E-state index in [4.69, 9.17) is 9.47 Å². The van der Waals surface area contributed by atoms with Crippen molar-refractivity contribution >= 4 is 33.9 Å². The van der Waals surface area contributed by atoms with E-state index in [0.717, 1.165) is 45.7 Å². The second kappa shape index (κ2) is 11.1. The fourth-order valence-electron chi connectivity index (χ4n) is 3.65. The topological polar surface area (TPSA) is 82.5 Å². The maximum atomic E-state index is 11.7. The third-order valence-corrected chi connectivity index (χ3v) is 6.38. The number of nitrogens with one attached hydrogen (secondary N) is 1. The van der Waals surface area contributed by atoms with Gasteiger partial charge in [0.15, 0.2) is 0 Å². The van der Waals surface area contributed by atoms with Gasteiger partial charge in [-0.3, -0.25) is 14.9 Å². The molecule has 0 radical (unpaired) electrons. The maximum Gasteiger partial charge on any atom is 0.286 e. The number of imidazole rings is 1. The van der Waals surface area contributed by atoms with Crippen LogP contribution >= 0.6 is 11.8 Å². The average Bonchev–Trinajstić information content (AvgIpc) is 3.37. The molecule has 0 saturated carbocycles. The van der Waals surface area contributed by atoms with Gasteiger partial charge in [-0.1, -0.05) is 55.9 Å². The van der Waals surface area contributed by atoms with Crippen LogP contribution in [0.15, 0.2) is 72.8 Å². The average molecular weight is 490 g/mol. The summed E-state index contributed by atoms with van der Waals surface area (Å²) in [6.07, 6.45) is 0.501. The zero-order valence-electron chi connectivity index (χ0n) is 19.9. The first-order chi connectivity index (χ1) is 17.0. The van der Waals surface area contributed by atoms with E-state index in [9.17, 15) is 9.59 Å². The molecular weight excluding hydrogens is 462 g/mol. The van der Waals surface area contributed by atoms with Gasteiger partial charge in [-0.2, -0.15) is 0 Å². The largest absolute Gasteiger partial charge is 0.486 e. The Hall–Kier alpha value is -3.78. The molecule has 5 rings (SSSR count). The molecule has 4 aromatic rings. The molecule has 0 bridgehead atoms. The first kappa shape index (κ1) is 24.3. The Kier molecular flexibility index (Phi) is 7.72. The molecule has 1 fully saturated rings. The van der Waals surface area contributed by atoms with E-state index in [1.54, 1.807) is 0 Å². The number of rotatable bonds is 7. The smallest absolute Gasteiger partial charge is 0.286 e. The predicted octanol–water partition coefficient (Wildman–Crippen LogP) is 5.86. The number of imide groups is 1. The van der Waals surface area contributed by atoms with E-state index in [-0.39, 0.29) is 16.4 Å². The molecule has 2 amide bonds. The van der Waals surface area contributed by atoms with Gasteiger partial charge in [0.1, 0.15) is 29.7 Å². The van der Waals surface area contributed by atoms with Crippen LogP contribution in [0.3, 0.4) is 0 Å². The van der Waals surface area contributed by atoms with E-state index < -0.39 is 0 Å². The third-order valence-electron chi connectivity index (χ3n) is 5.40. The molecule has 1 atom stereocenters. The van der Waals surface area contributed by atoms with Crippen molar-refractivity contribution in [3.8, 4) is 17.2 Å². The number of hydrogen-bond acceptors (Lipinski definition) is 6. The van der Waals surface area contributed by atoms with Gasteiger partial charge in [0.25, 0.3) is 5.24 Å². The fraction of sp³-hybridized carbons (Fsp3) is 0.222. The lowest BCUT2D eigenvalue weighted by Crippen LogP contribution is -2.25. The van der Waals surface area contributed by atoms with E-state index in [1.807, 2.05) is 98.3 Å². The van der Waals surface area contributed by atoms with Crippen molar-refractivity contribution in [1.29, 1.82) is 0 Å².